The zero-order valence-electron chi connectivity index (χ0n) is 14.6. The summed E-state index contributed by atoms with van der Waals surface area (Å²) in [6, 6.07) is 7.00. The largest absolute Gasteiger partial charge is 0.378 e. The number of ether oxygens (including phenoxy) is 1. The summed E-state index contributed by atoms with van der Waals surface area (Å²) in [7, 11) is 0. The zero-order valence-corrected chi connectivity index (χ0v) is 14.6. The van der Waals surface area contributed by atoms with Crippen LogP contribution in [0.2, 0.25) is 0 Å². The lowest BCUT2D eigenvalue weighted by molar-refractivity contribution is 0.0107. The van der Waals surface area contributed by atoms with Crippen LogP contribution in [0.3, 0.4) is 0 Å². The number of piperidine rings is 1. The number of nitrogens with zero attached hydrogens (tertiary/aromatic N) is 2. The molecule has 1 saturated heterocycles. The predicted octanol–water partition coefficient (Wildman–Crippen LogP) is 2.56. The van der Waals surface area contributed by atoms with Gasteiger partial charge in [0.1, 0.15) is 0 Å². The molecule has 0 aromatic heterocycles. The molecule has 0 atom stereocenters. The monoisotopic (exact) mass is 330 g/mol. The highest BCUT2D eigenvalue weighted by Crippen LogP contribution is 2.29. The van der Waals surface area contributed by atoms with E-state index in [0.717, 1.165) is 19.6 Å². The Labute approximate surface area is 143 Å². The fourth-order valence-corrected chi connectivity index (χ4v) is 3.50. The second-order valence-corrected chi connectivity index (χ2v) is 7.26. The highest BCUT2D eigenvalue weighted by atomic mass is 16.5. The number of amides is 2. The number of benzene rings is 1. The van der Waals surface area contributed by atoms with Crippen LogP contribution in [-0.4, -0.2) is 60.0 Å². The molecule has 0 radical (unpaired) electrons. The van der Waals surface area contributed by atoms with Crippen LogP contribution in [0.1, 0.15) is 53.8 Å². The Morgan fingerprint density at radius 2 is 1.58 bits per heavy atom. The van der Waals surface area contributed by atoms with Crippen LogP contribution in [-0.2, 0) is 4.74 Å². The van der Waals surface area contributed by atoms with Crippen LogP contribution in [0.25, 0.3) is 0 Å². The van der Waals surface area contributed by atoms with Gasteiger partial charge in [0.05, 0.1) is 29.9 Å². The van der Waals surface area contributed by atoms with Crippen molar-refractivity contribution in [3.8, 4) is 0 Å². The molecule has 0 saturated carbocycles. The molecule has 0 N–H and O–H groups in total. The standard InChI is InChI=1S/C19H26N2O3/c1-19(2,14-24-13-12-20-10-6-3-7-11-20)21-17(22)15-8-4-5-9-16(15)18(21)23/h4-5,8-9H,3,6-7,10-14H2,1-2H3. The molecule has 0 unspecified atom stereocenters. The minimum Gasteiger partial charge on any atom is -0.378 e. The molecule has 3 rings (SSSR count). The number of carbonyl (C=O) groups excluding carboxylic acids is 2. The summed E-state index contributed by atoms with van der Waals surface area (Å²) < 4.78 is 5.82. The third kappa shape index (κ3) is 3.37. The van der Waals surface area contributed by atoms with Gasteiger partial charge in [-0.05, 0) is 51.9 Å². The van der Waals surface area contributed by atoms with E-state index in [1.54, 1.807) is 24.3 Å². The van der Waals surface area contributed by atoms with Crippen molar-refractivity contribution in [2.45, 2.75) is 38.6 Å². The molecule has 2 heterocycles. The Morgan fingerprint density at radius 1 is 1.00 bits per heavy atom. The second kappa shape index (κ2) is 7.03. The number of likely N-dealkylation sites (tertiary alicyclic amines) is 1. The summed E-state index contributed by atoms with van der Waals surface area (Å²) in [4.78, 5) is 28.9. The summed E-state index contributed by atoms with van der Waals surface area (Å²) in [6.07, 6.45) is 3.85. The van der Waals surface area contributed by atoms with Crippen molar-refractivity contribution in [1.29, 1.82) is 0 Å². The molecule has 1 aromatic carbocycles. The molecular formula is C19H26N2O3. The smallest absolute Gasteiger partial charge is 0.262 e. The average molecular weight is 330 g/mol. The third-order valence-electron chi connectivity index (χ3n) is 4.86. The molecule has 1 fully saturated rings. The number of fused-ring (bicyclic) bond motifs is 1. The highest BCUT2D eigenvalue weighted by molar-refractivity contribution is 6.21. The molecule has 5 nitrogen and oxygen atoms in total. The molecule has 24 heavy (non-hydrogen) atoms. The van der Waals surface area contributed by atoms with E-state index in [0.29, 0.717) is 24.3 Å². The first-order valence-corrected chi connectivity index (χ1v) is 8.79. The van der Waals surface area contributed by atoms with Gasteiger partial charge in [-0.15, -0.1) is 0 Å². The van der Waals surface area contributed by atoms with Crippen molar-refractivity contribution < 1.29 is 14.3 Å². The van der Waals surface area contributed by atoms with Gasteiger partial charge in [0.2, 0.25) is 0 Å². The minimum absolute atomic E-state index is 0.222. The summed E-state index contributed by atoms with van der Waals surface area (Å²) in [5, 5.41) is 0. The van der Waals surface area contributed by atoms with Gasteiger partial charge in [-0.3, -0.25) is 14.5 Å². The highest BCUT2D eigenvalue weighted by Gasteiger charge is 2.43. The van der Waals surface area contributed by atoms with Gasteiger partial charge in [0, 0.05) is 6.54 Å². The Balaban J connectivity index is 1.55. The van der Waals surface area contributed by atoms with Crippen molar-refractivity contribution in [1.82, 2.24) is 9.80 Å². The molecule has 0 spiro atoms. The fraction of sp³-hybridized carbons (Fsp3) is 0.579. The van der Waals surface area contributed by atoms with Gasteiger partial charge in [-0.2, -0.15) is 0 Å². The van der Waals surface area contributed by atoms with E-state index < -0.39 is 5.54 Å². The normalized spacial score (nSPS) is 19.0. The summed E-state index contributed by atoms with van der Waals surface area (Å²) in [5.74, 6) is -0.444. The number of hydrogen-bond donors (Lipinski definition) is 0. The van der Waals surface area contributed by atoms with E-state index in [9.17, 15) is 9.59 Å². The molecule has 0 bridgehead atoms. The number of imide groups is 1. The quantitative estimate of drug-likeness (QED) is 0.594. The Morgan fingerprint density at radius 3 is 2.17 bits per heavy atom. The van der Waals surface area contributed by atoms with Gasteiger partial charge < -0.3 is 9.64 Å². The van der Waals surface area contributed by atoms with Gasteiger partial charge in [-0.25, -0.2) is 0 Å². The average Bonchev–Trinajstić information content (AvgIpc) is 2.85. The second-order valence-electron chi connectivity index (χ2n) is 7.26. The first-order chi connectivity index (χ1) is 11.5. The summed E-state index contributed by atoms with van der Waals surface area (Å²) in [5.41, 5.74) is 0.322. The molecule has 2 amide bonds. The molecule has 0 aliphatic carbocycles. The van der Waals surface area contributed by atoms with Gasteiger partial charge in [0.15, 0.2) is 0 Å². The lowest BCUT2D eigenvalue weighted by atomic mass is 10.0. The van der Waals surface area contributed by atoms with Crippen molar-refractivity contribution in [2.24, 2.45) is 0 Å². The number of carbonyl (C=O) groups is 2. The van der Waals surface area contributed by atoms with E-state index in [2.05, 4.69) is 4.90 Å². The first-order valence-electron chi connectivity index (χ1n) is 8.79. The predicted molar refractivity (Wildman–Crippen MR) is 92.1 cm³/mol. The molecule has 2 aliphatic heterocycles. The van der Waals surface area contributed by atoms with Crippen LogP contribution in [0.5, 0.6) is 0 Å². The van der Waals surface area contributed by atoms with Crippen LogP contribution < -0.4 is 0 Å². The molecular weight excluding hydrogens is 304 g/mol. The van der Waals surface area contributed by atoms with E-state index in [1.165, 1.54) is 24.2 Å². The number of hydrogen-bond acceptors (Lipinski definition) is 4. The van der Waals surface area contributed by atoms with Crippen LogP contribution >= 0.6 is 0 Å². The maximum Gasteiger partial charge on any atom is 0.262 e. The lowest BCUT2D eigenvalue weighted by Gasteiger charge is -2.34. The van der Waals surface area contributed by atoms with E-state index in [4.69, 9.17) is 4.74 Å². The molecule has 5 heteroatoms. The van der Waals surface area contributed by atoms with Gasteiger partial charge in [-0.1, -0.05) is 18.6 Å². The maximum atomic E-state index is 12.6. The van der Waals surface area contributed by atoms with Crippen molar-refractivity contribution in [2.75, 3.05) is 32.8 Å². The lowest BCUT2D eigenvalue weighted by Crippen LogP contribution is -2.50. The minimum atomic E-state index is -0.658. The number of rotatable bonds is 6. The SMILES string of the molecule is CC(C)(COCCN1CCCCC1)N1C(=O)c2ccccc2C1=O. The van der Waals surface area contributed by atoms with Gasteiger partial charge in [0.25, 0.3) is 11.8 Å². The Hall–Kier alpha value is -1.72. The van der Waals surface area contributed by atoms with Crippen LogP contribution in [0.15, 0.2) is 24.3 Å². The van der Waals surface area contributed by atoms with Crippen molar-refractivity contribution in [3.05, 3.63) is 35.4 Å². The first kappa shape index (κ1) is 17.1. The third-order valence-corrected chi connectivity index (χ3v) is 4.86. The molecule has 1 aromatic rings. The topological polar surface area (TPSA) is 49.9 Å². The van der Waals surface area contributed by atoms with Crippen LogP contribution in [0, 0.1) is 0 Å². The van der Waals surface area contributed by atoms with E-state index in [-0.39, 0.29) is 11.8 Å². The fourth-order valence-electron chi connectivity index (χ4n) is 3.50. The maximum absolute atomic E-state index is 12.6. The zero-order chi connectivity index (χ0) is 17.2. The van der Waals surface area contributed by atoms with Gasteiger partial charge >= 0.3 is 0 Å². The van der Waals surface area contributed by atoms with E-state index >= 15 is 0 Å². The van der Waals surface area contributed by atoms with Crippen molar-refractivity contribution >= 4 is 11.8 Å². The molecule has 2 aliphatic rings. The summed E-state index contributed by atoms with van der Waals surface area (Å²) >= 11 is 0. The summed E-state index contributed by atoms with van der Waals surface area (Å²) in [6.45, 7) is 7.96. The van der Waals surface area contributed by atoms with Crippen LogP contribution in [0.4, 0.5) is 0 Å². The van der Waals surface area contributed by atoms with Crippen molar-refractivity contribution in [3.63, 3.8) is 0 Å². The molecule has 130 valence electrons. The van der Waals surface area contributed by atoms with E-state index in [1.807, 2.05) is 13.8 Å². The Bertz CT molecular complexity index is 586. The Kier molecular flexibility index (Phi) is 5.01.